The van der Waals surface area contributed by atoms with Crippen molar-refractivity contribution < 1.29 is 9.53 Å². The first-order chi connectivity index (χ1) is 6.48. The molecular weight excluding hydrogens is 178 g/mol. The van der Waals surface area contributed by atoms with E-state index in [1.807, 2.05) is 0 Å². The molecule has 0 N–H and O–H groups in total. The number of carbonyl (C=O) groups excluding carboxylic acids is 1. The van der Waals surface area contributed by atoms with Crippen LogP contribution in [0.25, 0.3) is 0 Å². The van der Waals surface area contributed by atoms with E-state index in [0.29, 0.717) is 19.0 Å². The summed E-state index contributed by atoms with van der Waals surface area (Å²) >= 11 is 0. The SMILES string of the molecule is CC(C)(C)N1C[C@H]2COC[C@@H](C1)C2=O. The van der Waals surface area contributed by atoms with Crippen molar-refractivity contribution in [1.82, 2.24) is 4.90 Å². The first-order valence-electron chi connectivity index (χ1n) is 5.35. The van der Waals surface area contributed by atoms with Gasteiger partial charge in [0.25, 0.3) is 0 Å². The average molecular weight is 197 g/mol. The van der Waals surface area contributed by atoms with Gasteiger partial charge in [-0.2, -0.15) is 0 Å². The van der Waals surface area contributed by atoms with Gasteiger partial charge in [0.1, 0.15) is 5.78 Å². The van der Waals surface area contributed by atoms with Crippen molar-refractivity contribution in [2.45, 2.75) is 26.3 Å². The Morgan fingerprint density at radius 2 is 1.71 bits per heavy atom. The van der Waals surface area contributed by atoms with E-state index in [4.69, 9.17) is 4.74 Å². The number of rotatable bonds is 0. The van der Waals surface area contributed by atoms with Crippen LogP contribution in [0.5, 0.6) is 0 Å². The summed E-state index contributed by atoms with van der Waals surface area (Å²) in [5, 5.41) is 0. The van der Waals surface area contributed by atoms with Crippen molar-refractivity contribution in [3.8, 4) is 0 Å². The molecule has 2 fully saturated rings. The van der Waals surface area contributed by atoms with Crippen LogP contribution in [0.3, 0.4) is 0 Å². The van der Waals surface area contributed by atoms with Crippen molar-refractivity contribution in [3.63, 3.8) is 0 Å². The zero-order valence-corrected chi connectivity index (χ0v) is 9.25. The number of fused-ring (bicyclic) bond motifs is 2. The maximum atomic E-state index is 11.8. The lowest BCUT2D eigenvalue weighted by Crippen LogP contribution is -2.58. The molecular formula is C11H19NO2. The summed E-state index contributed by atoms with van der Waals surface area (Å²) in [6.45, 7) is 9.62. The molecule has 2 saturated heterocycles. The number of Topliss-reactive ketones (excluding diaryl/α,β-unsaturated/α-hetero) is 1. The predicted octanol–water partition coefficient (Wildman–Crippen LogP) is 0.932. The molecule has 14 heavy (non-hydrogen) atoms. The summed E-state index contributed by atoms with van der Waals surface area (Å²) in [5.41, 5.74) is 0.175. The highest BCUT2D eigenvalue weighted by Gasteiger charge is 2.41. The largest absolute Gasteiger partial charge is 0.380 e. The second kappa shape index (κ2) is 3.31. The van der Waals surface area contributed by atoms with Crippen LogP contribution in [0.1, 0.15) is 20.8 Å². The molecule has 2 rings (SSSR count). The summed E-state index contributed by atoms with van der Waals surface area (Å²) in [6, 6.07) is 0. The highest BCUT2D eigenvalue weighted by atomic mass is 16.5. The first kappa shape index (κ1) is 10.1. The van der Waals surface area contributed by atoms with Crippen LogP contribution in [-0.4, -0.2) is 42.5 Å². The molecule has 0 aromatic rings. The van der Waals surface area contributed by atoms with E-state index in [9.17, 15) is 4.79 Å². The van der Waals surface area contributed by atoms with Gasteiger partial charge in [0.2, 0.25) is 0 Å². The van der Waals surface area contributed by atoms with Crippen LogP contribution in [0.2, 0.25) is 0 Å². The van der Waals surface area contributed by atoms with Gasteiger partial charge in [-0.15, -0.1) is 0 Å². The fourth-order valence-corrected chi connectivity index (χ4v) is 2.29. The third-order valence-corrected chi connectivity index (χ3v) is 3.27. The number of ketones is 1. The topological polar surface area (TPSA) is 29.5 Å². The summed E-state index contributed by atoms with van der Waals surface area (Å²) in [4.78, 5) is 14.2. The Balaban J connectivity index is 2.11. The predicted molar refractivity (Wildman–Crippen MR) is 54.1 cm³/mol. The molecule has 3 nitrogen and oxygen atoms in total. The van der Waals surface area contributed by atoms with Crippen LogP contribution in [-0.2, 0) is 9.53 Å². The molecule has 3 heteroatoms. The van der Waals surface area contributed by atoms with E-state index < -0.39 is 0 Å². The van der Waals surface area contributed by atoms with Crippen molar-refractivity contribution in [3.05, 3.63) is 0 Å². The summed E-state index contributed by atoms with van der Waals surface area (Å²) in [7, 11) is 0. The normalized spacial score (nSPS) is 34.6. The monoisotopic (exact) mass is 197 g/mol. The fourth-order valence-electron chi connectivity index (χ4n) is 2.29. The Morgan fingerprint density at radius 3 is 2.14 bits per heavy atom. The van der Waals surface area contributed by atoms with Gasteiger partial charge in [-0.3, -0.25) is 9.69 Å². The van der Waals surface area contributed by atoms with Crippen LogP contribution < -0.4 is 0 Å². The van der Waals surface area contributed by atoms with Crippen LogP contribution >= 0.6 is 0 Å². The van der Waals surface area contributed by atoms with Gasteiger partial charge >= 0.3 is 0 Å². The van der Waals surface area contributed by atoms with Crippen molar-refractivity contribution in [2.24, 2.45) is 11.8 Å². The molecule has 0 amide bonds. The number of hydrogen-bond acceptors (Lipinski definition) is 3. The lowest BCUT2D eigenvalue weighted by Gasteiger charge is -2.46. The zero-order chi connectivity index (χ0) is 10.3. The lowest BCUT2D eigenvalue weighted by atomic mass is 9.84. The Hall–Kier alpha value is -0.410. The molecule has 80 valence electrons. The van der Waals surface area contributed by atoms with Crippen molar-refractivity contribution >= 4 is 5.78 Å². The minimum absolute atomic E-state index is 0.127. The van der Waals surface area contributed by atoms with E-state index >= 15 is 0 Å². The van der Waals surface area contributed by atoms with E-state index in [1.54, 1.807) is 0 Å². The number of ether oxygens (including phenoxy) is 1. The van der Waals surface area contributed by atoms with E-state index in [2.05, 4.69) is 25.7 Å². The highest BCUT2D eigenvalue weighted by molar-refractivity contribution is 5.85. The quantitative estimate of drug-likeness (QED) is 0.578. The molecule has 2 aliphatic rings. The minimum Gasteiger partial charge on any atom is -0.380 e. The Kier molecular flexibility index (Phi) is 2.40. The second-order valence-corrected chi connectivity index (χ2v) is 5.41. The number of nitrogens with zero attached hydrogens (tertiary/aromatic N) is 1. The van der Waals surface area contributed by atoms with Gasteiger partial charge in [-0.05, 0) is 20.8 Å². The van der Waals surface area contributed by atoms with Crippen LogP contribution in [0.15, 0.2) is 0 Å². The number of piperidine rings is 1. The Bertz CT molecular complexity index is 228. The standard InChI is InChI=1S/C11H19NO2/c1-11(2,3)12-4-8-6-14-7-9(5-12)10(8)13/h8-9H,4-7H2,1-3H3/t8-,9+. The molecule has 0 aromatic heterocycles. The molecule has 0 aliphatic carbocycles. The fraction of sp³-hybridized carbons (Fsp3) is 0.909. The maximum absolute atomic E-state index is 11.8. The molecule has 0 saturated carbocycles. The maximum Gasteiger partial charge on any atom is 0.146 e. The van der Waals surface area contributed by atoms with E-state index in [0.717, 1.165) is 13.1 Å². The molecule has 2 aliphatic heterocycles. The third-order valence-electron chi connectivity index (χ3n) is 3.27. The van der Waals surface area contributed by atoms with Gasteiger partial charge in [-0.1, -0.05) is 0 Å². The van der Waals surface area contributed by atoms with E-state index in [-0.39, 0.29) is 17.4 Å². The highest BCUT2D eigenvalue weighted by Crippen LogP contribution is 2.28. The number of likely N-dealkylation sites (tertiary alicyclic amines) is 1. The third kappa shape index (κ3) is 1.71. The zero-order valence-electron chi connectivity index (χ0n) is 9.25. The van der Waals surface area contributed by atoms with Crippen molar-refractivity contribution in [2.75, 3.05) is 26.3 Å². The van der Waals surface area contributed by atoms with Crippen LogP contribution in [0.4, 0.5) is 0 Å². The number of carbonyl (C=O) groups is 1. The summed E-state index contributed by atoms with van der Waals surface area (Å²) < 4.78 is 5.42. The Morgan fingerprint density at radius 1 is 1.21 bits per heavy atom. The summed E-state index contributed by atoms with van der Waals surface area (Å²) in [5.74, 6) is 0.681. The molecule has 2 bridgehead atoms. The van der Waals surface area contributed by atoms with E-state index in [1.165, 1.54) is 0 Å². The summed E-state index contributed by atoms with van der Waals surface area (Å²) in [6.07, 6.45) is 0. The van der Waals surface area contributed by atoms with Gasteiger partial charge in [0, 0.05) is 18.6 Å². The first-order valence-corrected chi connectivity index (χ1v) is 5.35. The second-order valence-electron chi connectivity index (χ2n) is 5.41. The van der Waals surface area contributed by atoms with Gasteiger partial charge in [0.15, 0.2) is 0 Å². The molecule has 0 spiro atoms. The molecule has 0 radical (unpaired) electrons. The molecule has 0 unspecified atom stereocenters. The van der Waals surface area contributed by atoms with Gasteiger partial charge < -0.3 is 4.74 Å². The van der Waals surface area contributed by atoms with Gasteiger partial charge in [0.05, 0.1) is 25.0 Å². The lowest BCUT2D eigenvalue weighted by molar-refractivity contribution is -0.147. The van der Waals surface area contributed by atoms with Crippen LogP contribution in [0, 0.1) is 11.8 Å². The van der Waals surface area contributed by atoms with Gasteiger partial charge in [-0.25, -0.2) is 0 Å². The van der Waals surface area contributed by atoms with Crippen molar-refractivity contribution in [1.29, 1.82) is 0 Å². The molecule has 2 heterocycles. The Labute approximate surface area is 85.4 Å². The average Bonchev–Trinajstić information content (AvgIpc) is 2.00. The number of hydrogen-bond donors (Lipinski definition) is 0. The minimum atomic E-state index is 0.127. The molecule has 0 aromatic carbocycles. The smallest absolute Gasteiger partial charge is 0.146 e. The molecule has 2 atom stereocenters.